The summed E-state index contributed by atoms with van der Waals surface area (Å²) >= 11 is -2.44. The van der Waals surface area contributed by atoms with Gasteiger partial charge in [0.2, 0.25) is 11.9 Å². The first-order valence-corrected chi connectivity index (χ1v) is 10.6. The summed E-state index contributed by atoms with van der Waals surface area (Å²) in [6.45, 7) is 1.63. The van der Waals surface area contributed by atoms with Gasteiger partial charge in [0.25, 0.3) is 11.3 Å². The molecule has 3 aromatic rings. The lowest BCUT2D eigenvalue weighted by molar-refractivity contribution is -0.140. The molecule has 15 heteroatoms. The van der Waals surface area contributed by atoms with Gasteiger partial charge in [-0.15, -0.1) is 0 Å². The molecule has 0 spiro atoms. The number of nitrogen functional groups attached to an aromatic ring is 1. The van der Waals surface area contributed by atoms with Crippen LogP contribution in [0.1, 0.15) is 5.69 Å². The molecule has 33 heavy (non-hydrogen) atoms. The number of hydrogen-bond donors (Lipinski definition) is 3. The van der Waals surface area contributed by atoms with E-state index in [1.807, 2.05) is 0 Å². The first kappa shape index (κ1) is 22.8. The molecule has 1 aliphatic rings. The topological polar surface area (TPSA) is 152 Å². The lowest BCUT2D eigenvalue weighted by Gasteiger charge is -2.27. The first-order chi connectivity index (χ1) is 15.7. The fourth-order valence-corrected chi connectivity index (χ4v) is 3.52. The first-order valence-electron chi connectivity index (χ1n) is 9.47. The highest BCUT2D eigenvalue weighted by atomic mass is 32.2. The predicted octanol–water partition coefficient (Wildman–Crippen LogP) is 1.98. The smallest absolute Gasteiger partial charge is 0.378 e. The quantitative estimate of drug-likeness (QED) is 0.460. The number of aromatic nitrogens is 5. The molecule has 4 N–H and O–H groups in total. The SMILES string of the molecule is Nc1ncc(-c2cc(-c3cccnc3NS(=O)O)nc(N3CCOCC3)n2)c(C(F)(F)F)n1. The summed E-state index contributed by atoms with van der Waals surface area (Å²) in [6.07, 6.45) is -2.48. The van der Waals surface area contributed by atoms with Crippen LogP contribution in [0.5, 0.6) is 0 Å². The van der Waals surface area contributed by atoms with Gasteiger partial charge in [-0.05, 0) is 18.2 Å². The van der Waals surface area contributed by atoms with Crippen molar-refractivity contribution < 1.29 is 26.7 Å². The molecule has 0 saturated carbocycles. The molecular weight excluding hydrogens is 465 g/mol. The van der Waals surface area contributed by atoms with Gasteiger partial charge in [-0.3, -0.25) is 9.27 Å². The Morgan fingerprint density at radius 3 is 2.48 bits per heavy atom. The molecule has 4 heterocycles. The minimum Gasteiger partial charge on any atom is -0.378 e. The number of halogens is 3. The van der Waals surface area contributed by atoms with Gasteiger partial charge >= 0.3 is 6.18 Å². The Kier molecular flexibility index (Phi) is 6.35. The highest BCUT2D eigenvalue weighted by Gasteiger charge is 2.37. The van der Waals surface area contributed by atoms with Crippen molar-refractivity contribution in [1.29, 1.82) is 0 Å². The Labute approximate surface area is 187 Å². The fourth-order valence-electron chi connectivity index (χ4n) is 3.19. The number of anilines is 3. The third-order valence-corrected chi connectivity index (χ3v) is 5.00. The Balaban J connectivity index is 1.92. The zero-order valence-corrected chi connectivity index (χ0v) is 17.6. The Hall–Kier alpha value is -3.43. The van der Waals surface area contributed by atoms with Crippen LogP contribution in [0.3, 0.4) is 0 Å². The molecule has 1 saturated heterocycles. The highest BCUT2D eigenvalue weighted by molar-refractivity contribution is 7.80. The zero-order chi connectivity index (χ0) is 23.6. The van der Waals surface area contributed by atoms with Gasteiger partial charge in [-0.2, -0.15) is 13.2 Å². The molecule has 1 aliphatic heterocycles. The summed E-state index contributed by atoms with van der Waals surface area (Å²) in [5.41, 5.74) is 4.11. The van der Waals surface area contributed by atoms with E-state index in [4.69, 9.17) is 10.5 Å². The number of pyridine rings is 1. The van der Waals surface area contributed by atoms with Gasteiger partial charge in [-0.1, -0.05) is 0 Å². The van der Waals surface area contributed by atoms with Gasteiger partial charge in [0.15, 0.2) is 5.69 Å². The summed E-state index contributed by atoms with van der Waals surface area (Å²) in [5.74, 6) is -0.367. The molecule has 0 aromatic carbocycles. The molecule has 0 aliphatic carbocycles. The van der Waals surface area contributed by atoms with Crippen molar-refractivity contribution in [2.75, 3.05) is 41.7 Å². The average Bonchev–Trinajstić information content (AvgIpc) is 2.79. The summed E-state index contributed by atoms with van der Waals surface area (Å²) in [7, 11) is 0. The number of hydrogen-bond acceptors (Lipinski definition) is 9. The maximum Gasteiger partial charge on any atom is 0.434 e. The van der Waals surface area contributed by atoms with Crippen molar-refractivity contribution in [3.05, 3.63) is 36.3 Å². The minimum atomic E-state index is -4.81. The van der Waals surface area contributed by atoms with E-state index < -0.39 is 29.1 Å². The Morgan fingerprint density at radius 1 is 1.12 bits per heavy atom. The molecule has 11 nitrogen and oxygen atoms in total. The van der Waals surface area contributed by atoms with E-state index in [0.717, 1.165) is 6.20 Å². The molecule has 1 atom stereocenters. The molecular formula is C18H17F3N8O3S. The van der Waals surface area contributed by atoms with Gasteiger partial charge < -0.3 is 15.4 Å². The summed E-state index contributed by atoms with van der Waals surface area (Å²) in [6, 6.07) is 4.42. The van der Waals surface area contributed by atoms with Gasteiger partial charge in [0.05, 0.1) is 24.6 Å². The number of ether oxygens (including phenoxy) is 1. The van der Waals surface area contributed by atoms with E-state index in [9.17, 15) is 21.9 Å². The second-order valence-electron chi connectivity index (χ2n) is 6.78. The second kappa shape index (κ2) is 9.21. The zero-order valence-electron chi connectivity index (χ0n) is 16.8. The van der Waals surface area contributed by atoms with Gasteiger partial charge in [0, 0.05) is 36.6 Å². The third kappa shape index (κ3) is 5.15. The van der Waals surface area contributed by atoms with Crippen molar-refractivity contribution in [2.24, 2.45) is 0 Å². The Bertz CT molecular complexity index is 1190. The van der Waals surface area contributed by atoms with Gasteiger partial charge in [0.1, 0.15) is 5.82 Å². The van der Waals surface area contributed by atoms with Crippen LogP contribution in [0, 0.1) is 0 Å². The fraction of sp³-hybridized carbons (Fsp3) is 0.278. The van der Waals surface area contributed by atoms with E-state index in [-0.39, 0.29) is 34.3 Å². The molecule has 174 valence electrons. The van der Waals surface area contributed by atoms with Crippen LogP contribution in [0.25, 0.3) is 22.5 Å². The van der Waals surface area contributed by atoms with Crippen LogP contribution in [0.15, 0.2) is 30.6 Å². The second-order valence-corrected chi connectivity index (χ2v) is 7.48. The van der Waals surface area contributed by atoms with Crippen LogP contribution in [-0.2, 0) is 22.2 Å². The Morgan fingerprint density at radius 2 is 1.82 bits per heavy atom. The molecule has 0 radical (unpaired) electrons. The standard InChI is InChI=1S/C18H17F3N8O3S/c19-18(20,21)14-11(9-24-16(22)27-14)13-8-12(10-2-1-3-23-15(10)28-33(30)31)25-17(26-13)29-4-6-32-7-5-29/h1-3,8-9H,4-7H2,(H,23,28)(H,30,31)(H2,22,24,27). The number of nitrogens with zero attached hydrogens (tertiary/aromatic N) is 6. The molecule has 0 bridgehead atoms. The minimum absolute atomic E-state index is 0.0144. The van der Waals surface area contributed by atoms with Crippen LogP contribution in [-0.4, -0.2) is 60.0 Å². The number of alkyl halides is 3. The maximum absolute atomic E-state index is 13.7. The highest BCUT2D eigenvalue weighted by Crippen LogP contribution is 2.37. The number of nitrogens with two attached hydrogens (primary N) is 1. The molecule has 0 amide bonds. The lowest BCUT2D eigenvalue weighted by Crippen LogP contribution is -2.37. The lowest BCUT2D eigenvalue weighted by atomic mass is 10.1. The van der Waals surface area contributed by atoms with Crippen molar-refractivity contribution in [3.8, 4) is 22.5 Å². The molecule has 1 unspecified atom stereocenters. The molecule has 1 fully saturated rings. The van der Waals surface area contributed by atoms with Crippen LogP contribution in [0.4, 0.5) is 30.9 Å². The molecule has 3 aromatic heterocycles. The largest absolute Gasteiger partial charge is 0.434 e. The summed E-state index contributed by atoms with van der Waals surface area (Å²) in [5, 5.41) is 0. The number of morpholine rings is 1. The van der Waals surface area contributed by atoms with Crippen molar-refractivity contribution >= 4 is 29.0 Å². The number of nitrogens with one attached hydrogen (secondary N) is 1. The third-order valence-electron chi connectivity index (χ3n) is 4.63. The summed E-state index contributed by atoms with van der Waals surface area (Å²) < 4.78 is 69.2. The van der Waals surface area contributed by atoms with Gasteiger partial charge in [-0.25, -0.2) is 29.1 Å². The number of rotatable bonds is 5. The van der Waals surface area contributed by atoms with E-state index >= 15 is 0 Å². The average molecular weight is 482 g/mol. The monoisotopic (exact) mass is 482 g/mol. The van der Waals surface area contributed by atoms with Crippen molar-refractivity contribution in [1.82, 2.24) is 24.9 Å². The van der Waals surface area contributed by atoms with Crippen LogP contribution in [0.2, 0.25) is 0 Å². The summed E-state index contributed by atoms with van der Waals surface area (Å²) in [4.78, 5) is 21.7. The van der Waals surface area contributed by atoms with E-state index in [2.05, 4.69) is 29.6 Å². The van der Waals surface area contributed by atoms with E-state index in [1.54, 1.807) is 17.0 Å². The maximum atomic E-state index is 13.7. The van der Waals surface area contributed by atoms with Crippen molar-refractivity contribution in [3.63, 3.8) is 0 Å². The van der Waals surface area contributed by atoms with Crippen LogP contribution >= 0.6 is 0 Å². The predicted molar refractivity (Wildman–Crippen MR) is 113 cm³/mol. The van der Waals surface area contributed by atoms with Crippen LogP contribution < -0.4 is 15.4 Å². The van der Waals surface area contributed by atoms with Crippen molar-refractivity contribution in [2.45, 2.75) is 6.18 Å². The normalized spacial score (nSPS) is 15.3. The molecule has 4 rings (SSSR count). The van der Waals surface area contributed by atoms with E-state index in [0.29, 0.717) is 26.3 Å². The van der Waals surface area contributed by atoms with E-state index in [1.165, 1.54) is 12.3 Å².